The van der Waals surface area contributed by atoms with Crippen molar-refractivity contribution in [2.45, 2.75) is 20.8 Å². The van der Waals surface area contributed by atoms with E-state index in [9.17, 15) is 4.79 Å². The molecule has 92 valence electrons. The van der Waals surface area contributed by atoms with Gasteiger partial charge in [0.2, 0.25) is 0 Å². The molecular weight excluding hydrogens is 236 g/mol. The normalized spacial score (nSPS) is 11.0. The number of nitrogens with one attached hydrogen (secondary N) is 1. The maximum Gasteiger partial charge on any atom is 0.271 e. The minimum absolute atomic E-state index is 0.276. The van der Waals surface area contributed by atoms with Gasteiger partial charge in [-0.05, 0) is 6.92 Å². The molecule has 0 aliphatic heterocycles. The van der Waals surface area contributed by atoms with E-state index >= 15 is 0 Å². The highest BCUT2D eigenvalue weighted by molar-refractivity contribution is 7.80. The van der Waals surface area contributed by atoms with Crippen LogP contribution in [0.3, 0.4) is 0 Å². The number of rotatable bonds is 4. The first-order chi connectivity index (χ1) is 7.83. The number of amides is 1. The second-order valence-corrected chi connectivity index (χ2v) is 4.91. The molecule has 1 aromatic rings. The second kappa shape index (κ2) is 5.18. The van der Waals surface area contributed by atoms with Gasteiger partial charge < -0.3 is 11.1 Å². The second-order valence-electron chi connectivity index (χ2n) is 4.47. The van der Waals surface area contributed by atoms with Crippen molar-refractivity contribution in [1.82, 2.24) is 15.3 Å². The number of nitrogens with two attached hydrogens (primary N) is 1. The van der Waals surface area contributed by atoms with Crippen LogP contribution >= 0.6 is 12.2 Å². The zero-order valence-electron chi connectivity index (χ0n) is 10.2. The van der Waals surface area contributed by atoms with Crippen LogP contribution in [0.4, 0.5) is 0 Å². The van der Waals surface area contributed by atoms with Crippen molar-refractivity contribution in [3.63, 3.8) is 0 Å². The molecule has 1 rings (SSSR count). The summed E-state index contributed by atoms with van der Waals surface area (Å²) < 4.78 is 0. The van der Waals surface area contributed by atoms with Crippen LogP contribution in [0.15, 0.2) is 12.4 Å². The van der Waals surface area contributed by atoms with Gasteiger partial charge in [0, 0.05) is 18.2 Å². The molecule has 0 radical (unpaired) electrons. The average molecular weight is 252 g/mol. The van der Waals surface area contributed by atoms with Crippen LogP contribution < -0.4 is 11.1 Å². The molecule has 0 unspecified atom stereocenters. The van der Waals surface area contributed by atoms with E-state index in [1.54, 1.807) is 6.20 Å². The Morgan fingerprint density at radius 3 is 2.59 bits per heavy atom. The Morgan fingerprint density at radius 2 is 2.12 bits per heavy atom. The van der Waals surface area contributed by atoms with Gasteiger partial charge in [-0.1, -0.05) is 26.1 Å². The molecule has 0 aromatic carbocycles. The fourth-order valence-corrected chi connectivity index (χ4v) is 1.06. The Bertz CT molecular complexity index is 428. The maximum atomic E-state index is 11.7. The van der Waals surface area contributed by atoms with Gasteiger partial charge in [-0.3, -0.25) is 9.78 Å². The predicted molar refractivity (Wildman–Crippen MR) is 69.7 cm³/mol. The van der Waals surface area contributed by atoms with E-state index in [1.165, 1.54) is 6.20 Å². The van der Waals surface area contributed by atoms with Crippen molar-refractivity contribution >= 4 is 23.1 Å². The van der Waals surface area contributed by atoms with Crippen molar-refractivity contribution in [3.05, 3.63) is 23.8 Å². The topological polar surface area (TPSA) is 80.9 Å². The van der Waals surface area contributed by atoms with Gasteiger partial charge in [-0.25, -0.2) is 4.98 Å². The van der Waals surface area contributed by atoms with E-state index in [-0.39, 0.29) is 11.6 Å². The standard InChI is InChI=1S/C11H16N4OS/c1-7-4-14-8(5-13-7)9(16)15-6-11(2,3)10(12)17/h4-5H,6H2,1-3H3,(H2,12,17)(H,15,16). The smallest absolute Gasteiger partial charge is 0.271 e. The van der Waals surface area contributed by atoms with Gasteiger partial charge in [0.1, 0.15) is 5.69 Å². The number of aromatic nitrogens is 2. The fraction of sp³-hybridized carbons (Fsp3) is 0.455. The van der Waals surface area contributed by atoms with Crippen LogP contribution in [0.1, 0.15) is 30.0 Å². The van der Waals surface area contributed by atoms with Gasteiger partial charge in [0.05, 0.1) is 16.9 Å². The Balaban J connectivity index is 2.62. The lowest BCUT2D eigenvalue weighted by atomic mass is 9.93. The number of hydrogen-bond donors (Lipinski definition) is 2. The molecule has 1 heterocycles. The van der Waals surface area contributed by atoms with Gasteiger partial charge in [0.15, 0.2) is 0 Å². The zero-order valence-corrected chi connectivity index (χ0v) is 11.0. The number of carbonyl (C=O) groups is 1. The molecule has 0 aliphatic rings. The molecule has 0 atom stereocenters. The first kappa shape index (κ1) is 13.5. The lowest BCUT2D eigenvalue weighted by Crippen LogP contribution is -2.41. The van der Waals surface area contributed by atoms with E-state index in [4.69, 9.17) is 18.0 Å². The molecule has 17 heavy (non-hydrogen) atoms. The Kier molecular flexibility index (Phi) is 4.11. The Labute approximate surface area is 106 Å². The number of aryl methyl sites for hydroxylation is 1. The maximum absolute atomic E-state index is 11.7. The number of thiocarbonyl (C=S) groups is 1. The van der Waals surface area contributed by atoms with E-state index < -0.39 is 5.41 Å². The quantitative estimate of drug-likeness (QED) is 0.776. The van der Waals surface area contributed by atoms with Gasteiger partial charge in [-0.2, -0.15) is 0 Å². The van der Waals surface area contributed by atoms with Crippen LogP contribution in [0.25, 0.3) is 0 Å². The summed E-state index contributed by atoms with van der Waals surface area (Å²) in [5.41, 5.74) is 6.21. The third-order valence-electron chi connectivity index (χ3n) is 2.37. The van der Waals surface area contributed by atoms with E-state index in [0.717, 1.165) is 5.69 Å². The molecule has 3 N–H and O–H groups in total. The predicted octanol–water partition coefficient (Wildman–Crippen LogP) is 0.827. The van der Waals surface area contributed by atoms with Crippen molar-refractivity contribution < 1.29 is 4.79 Å². The average Bonchev–Trinajstić information content (AvgIpc) is 2.27. The molecule has 0 bridgehead atoms. The number of hydrogen-bond acceptors (Lipinski definition) is 4. The summed E-state index contributed by atoms with van der Waals surface area (Å²) in [5, 5.41) is 2.73. The first-order valence-corrected chi connectivity index (χ1v) is 5.60. The minimum Gasteiger partial charge on any atom is -0.393 e. The minimum atomic E-state index is -0.414. The van der Waals surface area contributed by atoms with Crippen molar-refractivity contribution in [2.24, 2.45) is 11.1 Å². The Morgan fingerprint density at radius 1 is 1.47 bits per heavy atom. The monoisotopic (exact) mass is 252 g/mol. The molecule has 6 heteroatoms. The molecule has 0 saturated carbocycles. The molecular formula is C11H16N4OS. The van der Waals surface area contributed by atoms with Crippen molar-refractivity contribution in [1.29, 1.82) is 0 Å². The lowest BCUT2D eigenvalue weighted by molar-refractivity contribution is 0.0939. The summed E-state index contributed by atoms with van der Waals surface area (Å²) in [6.45, 7) is 5.92. The molecule has 0 saturated heterocycles. The zero-order chi connectivity index (χ0) is 13.1. The summed E-state index contributed by atoms with van der Waals surface area (Å²) >= 11 is 4.92. The van der Waals surface area contributed by atoms with Gasteiger partial charge in [0.25, 0.3) is 5.91 Å². The number of carbonyl (C=O) groups excluding carboxylic acids is 1. The summed E-state index contributed by atoms with van der Waals surface area (Å²) in [6.07, 6.45) is 2.99. The van der Waals surface area contributed by atoms with E-state index in [1.807, 2.05) is 20.8 Å². The van der Waals surface area contributed by atoms with Gasteiger partial charge >= 0.3 is 0 Å². The highest BCUT2D eigenvalue weighted by atomic mass is 32.1. The highest BCUT2D eigenvalue weighted by Crippen LogP contribution is 2.13. The summed E-state index contributed by atoms with van der Waals surface area (Å²) in [6, 6.07) is 0. The summed E-state index contributed by atoms with van der Waals surface area (Å²) in [4.78, 5) is 20.1. The molecule has 1 aromatic heterocycles. The van der Waals surface area contributed by atoms with Crippen LogP contribution in [-0.2, 0) is 0 Å². The van der Waals surface area contributed by atoms with E-state index in [2.05, 4.69) is 15.3 Å². The SMILES string of the molecule is Cc1cnc(C(=O)NCC(C)(C)C(N)=S)cn1. The van der Waals surface area contributed by atoms with Crippen molar-refractivity contribution in [3.8, 4) is 0 Å². The number of nitrogens with zero attached hydrogens (tertiary/aromatic N) is 2. The fourth-order valence-electron chi connectivity index (χ4n) is 0.989. The third-order valence-corrected chi connectivity index (χ3v) is 2.92. The van der Waals surface area contributed by atoms with Gasteiger partial charge in [-0.15, -0.1) is 0 Å². The largest absolute Gasteiger partial charge is 0.393 e. The first-order valence-electron chi connectivity index (χ1n) is 5.19. The van der Waals surface area contributed by atoms with Crippen molar-refractivity contribution in [2.75, 3.05) is 6.54 Å². The molecule has 5 nitrogen and oxygen atoms in total. The van der Waals surface area contributed by atoms with E-state index in [0.29, 0.717) is 11.5 Å². The van der Waals surface area contributed by atoms with Crippen LogP contribution in [-0.4, -0.2) is 27.4 Å². The van der Waals surface area contributed by atoms with Crippen LogP contribution in [0, 0.1) is 12.3 Å². The summed E-state index contributed by atoms with van der Waals surface area (Å²) in [5.74, 6) is -0.276. The lowest BCUT2D eigenvalue weighted by Gasteiger charge is -2.23. The Hall–Kier alpha value is -1.56. The van der Waals surface area contributed by atoms with Crippen LogP contribution in [0.5, 0.6) is 0 Å². The summed E-state index contributed by atoms with van der Waals surface area (Å²) in [7, 11) is 0. The highest BCUT2D eigenvalue weighted by Gasteiger charge is 2.22. The third kappa shape index (κ3) is 3.74. The molecule has 0 aliphatic carbocycles. The molecule has 0 fully saturated rings. The van der Waals surface area contributed by atoms with Crippen LogP contribution in [0.2, 0.25) is 0 Å². The molecule has 1 amide bonds. The molecule has 0 spiro atoms.